The van der Waals surface area contributed by atoms with E-state index in [1.54, 1.807) is 42.5 Å². The van der Waals surface area contributed by atoms with E-state index < -0.39 is 29.4 Å². The first-order valence-electron chi connectivity index (χ1n) is 12.2. The standard InChI is InChI=1S/C28H24ClFN6O4/c1-2-9-22(35(17-8-16-32-28(39)40)26(37)19-12-6-13-20(29)23(19)30)25-33-21-14-7-15-31-24(21)27(38)36(25)34-18-10-4-3-5-11-18/h1,3-7,10-15,22,32,34H,8-9,16-17H2,(H,39,40). The number of nitrogens with zero attached hydrogens (tertiary/aromatic N) is 4. The molecule has 3 N–H and O–H groups in total. The van der Waals surface area contributed by atoms with Crippen LogP contribution in [0.1, 0.15) is 35.1 Å². The molecule has 0 saturated heterocycles. The van der Waals surface area contributed by atoms with E-state index in [1.807, 2.05) is 0 Å². The van der Waals surface area contributed by atoms with E-state index in [2.05, 4.69) is 26.6 Å². The molecule has 12 heteroatoms. The zero-order chi connectivity index (χ0) is 28.6. The quantitative estimate of drug-likeness (QED) is 0.194. The number of aromatic nitrogens is 3. The number of rotatable bonds is 10. The maximum absolute atomic E-state index is 15.0. The van der Waals surface area contributed by atoms with Crippen molar-refractivity contribution in [3.8, 4) is 12.3 Å². The van der Waals surface area contributed by atoms with Crippen molar-refractivity contribution in [3.05, 3.63) is 99.4 Å². The summed E-state index contributed by atoms with van der Waals surface area (Å²) in [5.74, 6) is 0.922. The van der Waals surface area contributed by atoms with Gasteiger partial charge in [-0.1, -0.05) is 35.9 Å². The number of hydrogen-bond donors (Lipinski definition) is 3. The molecule has 4 aromatic rings. The van der Waals surface area contributed by atoms with E-state index in [-0.39, 0.29) is 53.4 Å². The topological polar surface area (TPSA) is 129 Å². The van der Waals surface area contributed by atoms with Crippen LogP contribution in [0.5, 0.6) is 0 Å². The molecule has 204 valence electrons. The maximum atomic E-state index is 15.0. The van der Waals surface area contributed by atoms with Crippen LogP contribution in [0, 0.1) is 18.2 Å². The third-order valence-electron chi connectivity index (χ3n) is 5.95. The molecule has 2 amide bonds. The summed E-state index contributed by atoms with van der Waals surface area (Å²) in [6.07, 6.45) is 6.01. The number of halogens is 2. The lowest BCUT2D eigenvalue weighted by Gasteiger charge is -2.32. The Morgan fingerprint density at radius 1 is 1.15 bits per heavy atom. The van der Waals surface area contributed by atoms with Gasteiger partial charge in [0.1, 0.15) is 6.04 Å². The van der Waals surface area contributed by atoms with Gasteiger partial charge < -0.3 is 15.3 Å². The third-order valence-corrected chi connectivity index (χ3v) is 6.24. The molecule has 0 radical (unpaired) electrons. The molecule has 0 bridgehead atoms. The molecular formula is C28H24ClFN6O4. The van der Waals surface area contributed by atoms with E-state index in [0.717, 1.165) is 4.68 Å². The molecule has 10 nitrogen and oxygen atoms in total. The van der Waals surface area contributed by atoms with Gasteiger partial charge in [-0.3, -0.25) is 15.0 Å². The van der Waals surface area contributed by atoms with Gasteiger partial charge >= 0.3 is 6.09 Å². The molecule has 0 aliphatic rings. The van der Waals surface area contributed by atoms with Crippen molar-refractivity contribution < 1.29 is 19.1 Å². The van der Waals surface area contributed by atoms with Gasteiger partial charge in [-0.05, 0) is 42.8 Å². The lowest BCUT2D eigenvalue weighted by Crippen LogP contribution is -2.42. The summed E-state index contributed by atoms with van der Waals surface area (Å²) in [7, 11) is 0. The number of pyridine rings is 1. The van der Waals surface area contributed by atoms with Crippen LogP contribution in [0.3, 0.4) is 0 Å². The summed E-state index contributed by atoms with van der Waals surface area (Å²) in [6.45, 7) is -0.0479. The second-order valence-corrected chi connectivity index (χ2v) is 8.98. The van der Waals surface area contributed by atoms with Gasteiger partial charge in [0.15, 0.2) is 17.2 Å². The van der Waals surface area contributed by atoms with Crippen molar-refractivity contribution in [1.29, 1.82) is 0 Å². The molecule has 4 rings (SSSR count). The number of carbonyl (C=O) groups is 2. The van der Waals surface area contributed by atoms with E-state index >= 15 is 0 Å². The fraction of sp³-hybridized carbons (Fsp3) is 0.179. The van der Waals surface area contributed by atoms with Crippen molar-refractivity contribution in [2.24, 2.45) is 0 Å². The second-order valence-electron chi connectivity index (χ2n) is 8.57. The van der Waals surface area contributed by atoms with Crippen molar-refractivity contribution >= 4 is 40.3 Å². The third kappa shape index (κ3) is 6.19. The number of nitrogens with one attached hydrogen (secondary N) is 2. The van der Waals surface area contributed by atoms with Crippen LogP contribution in [-0.2, 0) is 0 Å². The number of terminal acetylenes is 1. The monoisotopic (exact) mass is 562 g/mol. The summed E-state index contributed by atoms with van der Waals surface area (Å²) in [5, 5.41) is 11.0. The molecule has 2 heterocycles. The molecule has 0 saturated carbocycles. The van der Waals surface area contributed by atoms with Crippen molar-refractivity contribution in [1.82, 2.24) is 24.9 Å². The zero-order valence-corrected chi connectivity index (χ0v) is 21.8. The molecule has 0 aliphatic carbocycles. The highest BCUT2D eigenvalue weighted by molar-refractivity contribution is 6.31. The average molecular weight is 563 g/mol. The highest BCUT2D eigenvalue weighted by Gasteiger charge is 2.32. The largest absolute Gasteiger partial charge is 0.465 e. The number of para-hydroxylation sites is 1. The minimum Gasteiger partial charge on any atom is -0.465 e. The predicted octanol–water partition coefficient (Wildman–Crippen LogP) is 4.32. The summed E-state index contributed by atoms with van der Waals surface area (Å²) < 4.78 is 16.2. The molecule has 1 unspecified atom stereocenters. The highest BCUT2D eigenvalue weighted by Crippen LogP contribution is 2.28. The first-order chi connectivity index (χ1) is 19.3. The summed E-state index contributed by atoms with van der Waals surface area (Å²) in [5.41, 5.74) is 3.06. The van der Waals surface area contributed by atoms with Crippen LogP contribution in [0.4, 0.5) is 14.9 Å². The fourth-order valence-electron chi connectivity index (χ4n) is 4.13. The summed E-state index contributed by atoms with van der Waals surface area (Å²) in [4.78, 5) is 48.6. The first-order valence-corrected chi connectivity index (χ1v) is 12.5. The molecule has 40 heavy (non-hydrogen) atoms. The molecule has 2 aromatic heterocycles. The lowest BCUT2D eigenvalue weighted by atomic mass is 10.1. The van der Waals surface area contributed by atoms with Gasteiger partial charge in [-0.2, -0.15) is 0 Å². The molecule has 0 fully saturated rings. The van der Waals surface area contributed by atoms with Gasteiger partial charge in [0.25, 0.3) is 11.5 Å². The predicted molar refractivity (Wildman–Crippen MR) is 149 cm³/mol. The van der Waals surface area contributed by atoms with Crippen molar-refractivity contribution in [2.45, 2.75) is 18.9 Å². The Bertz CT molecular complexity index is 1640. The van der Waals surface area contributed by atoms with Crippen molar-refractivity contribution in [3.63, 3.8) is 0 Å². The molecule has 2 aromatic carbocycles. The fourth-order valence-corrected chi connectivity index (χ4v) is 4.30. The second kappa shape index (κ2) is 12.7. The molecule has 0 spiro atoms. The number of anilines is 1. The SMILES string of the molecule is C#CCC(c1nc2cccnc2c(=O)n1Nc1ccccc1)N(CCCNC(=O)O)C(=O)c1cccc(Cl)c1F. The Morgan fingerprint density at radius 2 is 1.93 bits per heavy atom. The van der Waals surface area contributed by atoms with Gasteiger partial charge in [-0.15, -0.1) is 12.3 Å². The van der Waals surface area contributed by atoms with Crippen molar-refractivity contribution in [2.75, 3.05) is 18.5 Å². The molecule has 1 atom stereocenters. The smallest absolute Gasteiger partial charge is 0.404 e. The van der Waals surface area contributed by atoms with E-state index in [1.165, 1.54) is 29.3 Å². The van der Waals surface area contributed by atoms with E-state index in [0.29, 0.717) is 5.69 Å². The van der Waals surface area contributed by atoms with Gasteiger partial charge in [0.2, 0.25) is 0 Å². The maximum Gasteiger partial charge on any atom is 0.404 e. The van der Waals surface area contributed by atoms with Gasteiger partial charge in [0, 0.05) is 25.7 Å². The van der Waals surface area contributed by atoms with E-state index in [9.17, 15) is 18.8 Å². The van der Waals surface area contributed by atoms with Crippen LogP contribution in [0.25, 0.3) is 11.0 Å². The minimum absolute atomic E-state index is 0.00402. The minimum atomic E-state index is -1.23. The van der Waals surface area contributed by atoms with Crippen LogP contribution in [-0.4, -0.2) is 49.7 Å². The summed E-state index contributed by atoms with van der Waals surface area (Å²) >= 11 is 5.96. The number of benzene rings is 2. The van der Waals surface area contributed by atoms with Crippen LogP contribution in [0.15, 0.2) is 71.7 Å². The van der Waals surface area contributed by atoms with Crippen LogP contribution >= 0.6 is 11.6 Å². The Hall–Kier alpha value is -4.95. The Kier molecular flexibility index (Phi) is 8.93. The molecular weight excluding hydrogens is 539 g/mol. The first kappa shape index (κ1) is 28.1. The van der Waals surface area contributed by atoms with E-state index in [4.69, 9.17) is 23.1 Å². The number of carbonyl (C=O) groups excluding carboxylic acids is 1. The normalized spacial score (nSPS) is 11.4. The molecule has 0 aliphatic heterocycles. The number of amides is 2. The zero-order valence-electron chi connectivity index (χ0n) is 21.1. The number of carboxylic acid groups (broad SMARTS) is 1. The number of hydrogen-bond acceptors (Lipinski definition) is 6. The Labute approximate surface area is 233 Å². The highest BCUT2D eigenvalue weighted by atomic mass is 35.5. The average Bonchev–Trinajstić information content (AvgIpc) is 2.95. The van der Waals surface area contributed by atoms with Gasteiger partial charge in [-0.25, -0.2) is 23.8 Å². The van der Waals surface area contributed by atoms with Crippen LogP contribution < -0.4 is 16.3 Å². The Balaban J connectivity index is 1.89. The Morgan fingerprint density at radius 3 is 2.65 bits per heavy atom. The van der Waals surface area contributed by atoms with Gasteiger partial charge in [0.05, 0.1) is 21.8 Å². The van der Waals surface area contributed by atoms with Crippen LogP contribution in [0.2, 0.25) is 5.02 Å². The lowest BCUT2D eigenvalue weighted by molar-refractivity contribution is 0.0660. The summed E-state index contributed by atoms with van der Waals surface area (Å²) in [6, 6.07) is 15.0. The number of fused-ring (bicyclic) bond motifs is 1.